The highest BCUT2D eigenvalue weighted by molar-refractivity contribution is 5.95. The maximum atomic E-state index is 12.9. The number of esters is 1. The molecule has 6 heteroatoms. The summed E-state index contributed by atoms with van der Waals surface area (Å²) in [7, 11) is 1.36. The van der Waals surface area contributed by atoms with Gasteiger partial charge in [0, 0.05) is 18.7 Å². The lowest BCUT2D eigenvalue weighted by Gasteiger charge is -2.26. The first-order chi connectivity index (χ1) is 11.4. The maximum Gasteiger partial charge on any atom is 0.310 e. The van der Waals surface area contributed by atoms with E-state index in [4.69, 9.17) is 14.2 Å². The normalized spacial score (nSPS) is 13.7. The fourth-order valence-electron chi connectivity index (χ4n) is 2.51. The van der Waals surface area contributed by atoms with Gasteiger partial charge in [0.05, 0.1) is 13.0 Å². The first kappa shape index (κ1) is 18.1. The van der Waals surface area contributed by atoms with E-state index in [1.165, 1.54) is 7.11 Å². The Morgan fingerprint density at radius 1 is 1.21 bits per heavy atom. The van der Waals surface area contributed by atoms with Crippen molar-refractivity contribution in [3.8, 4) is 11.5 Å². The van der Waals surface area contributed by atoms with Crippen molar-refractivity contribution in [1.29, 1.82) is 0 Å². The van der Waals surface area contributed by atoms with Crippen LogP contribution in [0.1, 0.15) is 37.6 Å². The molecule has 1 unspecified atom stereocenters. The molecule has 0 radical (unpaired) electrons. The van der Waals surface area contributed by atoms with E-state index in [9.17, 15) is 9.59 Å². The van der Waals surface area contributed by atoms with Gasteiger partial charge < -0.3 is 19.1 Å². The minimum Gasteiger partial charge on any atom is -0.469 e. The molecule has 0 bridgehead atoms. The van der Waals surface area contributed by atoms with Gasteiger partial charge in [-0.05, 0) is 30.5 Å². The van der Waals surface area contributed by atoms with Crippen LogP contribution in [0, 0.1) is 11.8 Å². The highest BCUT2D eigenvalue weighted by atomic mass is 16.7. The van der Waals surface area contributed by atoms with Crippen LogP contribution >= 0.6 is 0 Å². The van der Waals surface area contributed by atoms with Gasteiger partial charge in [0.15, 0.2) is 11.5 Å². The van der Waals surface area contributed by atoms with Crippen LogP contribution in [-0.2, 0) is 9.53 Å². The van der Waals surface area contributed by atoms with Crippen LogP contribution in [0.5, 0.6) is 11.5 Å². The molecule has 0 saturated carbocycles. The van der Waals surface area contributed by atoms with E-state index in [1.807, 2.05) is 0 Å². The number of carbonyl (C=O) groups excluding carboxylic acids is 2. The summed E-state index contributed by atoms with van der Waals surface area (Å²) in [5.74, 6) is 0.868. The fraction of sp³-hybridized carbons (Fsp3) is 0.556. The number of carbonyl (C=O) groups is 2. The Balaban J connectivity index is 2.15. The molecule has 0 saturated heterocycles. The second-order valence-corrected chi connectivity index (χ2v) is 6.43. The number of amides is 1. The zero-order valence-electron chi connectivity index (χ0n) is 14.7. The Labute approximate surface area is 142 Å². The Hall–Kier alpha value is -2.24. The third-order valence-electron chi connectivity index (χ3n) is 3.98. The van der Waals surface area contributed by atoms with E-state index in [2.05, 4.69) is 13.8 Å². The van der Waals surface area contributed by atoms with Gasteiger partial charge in [-0.15, -0.1) is 0 Å². The molecular weight excluding hydrogens is 310 g/mol. The van der Waals surface area contributed by atoms with Crippen LogP contribution < -0.4 is 9.47 Å². The predicted molar refractivity (Wildman–Crippen MR) is 89.1 cm³/mol. The Morgan fingerprint density at radius 3 is 2.58 bits per heavy atom. The van der Waals surface area contributed by atoms with Gasteiger partial charge in [-0.25, -0.2) is 0 Å². The van der Waals surface area contributed by atoms with Crippen molar-refractivity contribution in [3.63, 3.8) is 0 Å². The van der Waals surface area contributed by atoms with Crippen LogP contribution in [0.2, 0.25) is 0 Å². The van der Waals surface area contributed by atoms with E-state index < -0.39 is 0 Å². The summed E-state index contributed by atoms with van der Waals surface area (Å²) in [6.45, 7) is 7.06. The lowest BCUT2D eigenvalue weighted by atomic mass is 10.1. The maximum absolute atomic E-state index is 12.9. The van der Waals surface area contributed by atoms with Crippen LogP contribution in [0.3, 0.4) is 0 Å². The molecule has 0 aromatic heterocycles. The third-order valence-corrected chi connectivity index (χ3v) is 3.98. The number of benzene rings is 1. The van der Waals surface area contributed by atoms with E-state index in [1.54, 1.807) is 30.0 Å². The summed E-state index contributed by atoms with van der Waals surface area (Å²) < 4.78 is 15.4. The molecule has 0 fully saturated rings. The van der Waals surface area contributed by atoms with Crippen LogP contribution in [0.15, 0.2) is 18.2 Å². The molecule has 24 heavy (non-hydrogen) atoms. The molecule has 0 spiro atoms. The van der Waals surface area contributed by atoms with Crippen molar-refractivity contribution in [1.82, 2.24) is 4.90 Å². The standard InChI is InChI=1S/C18H25NO5/c1-12(2)7-8-19(10-13(3)18(21)22-4)17(20)14-5-6-15-16(9-14)24-11-23-15/h5-6,9,12-13H,7-8,10-11H2,1-4H3. The molecular formula is C18H25NO5. The van der Waals surface area contributed by atoms with Gasteiger partial charge in [-0.3, -0.25) is 9.59 Å². The van der Waals surface area contributed by atoms with Gasteiger partial charge in [0.1, 0.15) is 0 Å². The van der Waals surface area contributed by atoms with Crippen molar-refractivity contribution in [2.24, 2.45) is 11.8 Å². The van der Waals surface area contributed by atoms with Crippen molar-refractivity contribution in [3.05, 3.63) is 23.8 Å². The molecule has 1 aromatic rings. The average molecular weight is 335 g/mol. The molecule has 0 N–H and O–H groups in total. The molecule has 1 atom stereocenters. The fourth-order valence-corrected chi connectivity index (χ4v) is 2.51. The smallest absolute Gasteiger partial charge is 0.310 e. The van der Waals surface area contributed by atoms with E-state index in [0.717, 1.165) is 6.42 Å². The SMILES string of the molecule is COC(=O)C(C)CN(CCC(C)C)C(=O)c1ccc2c(c1)OCO2. The number of hydrogen-bond acceptors (Lipinski definition) is 5. The summed E-state index contributed by atoms with van der Waals surface area (Å²) in [6, 6.07) is 5.15. The van der Waals surface area contributed by atoms with Gasteiger partial charge in [-0.2, -0.15) is 0 Å². The number of fused-ring (bicyclic) bond motifs is 1. The monoisotopic (exact) mass is 335 g/mol. The minimum atomic E-state index is -0.375. The van der Waals surface area contributed by atoms with Crippen LogP contribution in [0.4, 0.5) is 0 Å². The van der Waals surface area contributed by atoms with E-state index in [-0.39, 0.29) is 24.6 Å². The van der Waals surface area contributed by atoms with Crippen molar-refractivity contribution in [2.75, 3.05) is 27.0 Å². The molecule has 2 rings (SSSR count). The Bertz CT molecular complexity index is 599. The van der Waals surface area contributed by atoms with Gasteiger partial charge >= 0.3 is 5.97 Å². The predicted octanol–water partition coefficient (Wildman–Crippen LogP) is 2.71. The van der Waals surface area contributed by atoms with Gasteiger partial charge in [-0.1, -0.05) is 20.8 Å². The summed E-state index contributed by atoms with van der Waals surface area (Å²) >= 11 is 0. The molecule has 1 heterocycles. The number of hydrogen-bond donors (Lipinski definition) is 0. The van der Waals surface area contributed by atoms with Crippen molar-refractivity contribution < 1.29 is 23.8 Å². The zero-order valence-corrected chi connectivity index (χ0v) is 14.7. The molecule has 132 valence electrons. The summed E-state index contributed by atoms with van der Waals surface area (Å²) in [5, 5.41) is 0. The van der Waals surface area contributed by atoms with Gasteiger partial charge in [0.25, 0.3) is 5.91 Å². The summed E-state index contributed by atoms with van der Waals surface area (Å²) in [4.78, 5) is 26.3. The Morgan fingerprint density at radius 2 is 1.92 bits per heavy atom. The molecule has 1 aliphatic heterocycles. The van der Waals surface area contributed by atoms with E-state index in [0.29, 0.717) is 36.1 Å². The second-order valence-electron chi connectivity index (χ2n) is 6.43. The lowest BCUT2D eigenvalue weighted by molar-refractivity contribution is -0.145. The van der Waals surface area contributed by atoms with Gasteiger partial charge in [0.2, 0.25) is 6.79 Å². The third kappa shape index (κ3) is 4.40. The molecule has 1 aliphatic rings. The highest BCUT2D eigenvalue weighted by Crippen LogP contribution is 2.32. The van der Waals surface area contributed by atoms with Crippen LogP contribution in [0.25, 0.3) is 0 Å². The number of ether oxygens (including phenoxy) is 3. The highest BCUT2D eigenvalue weighted by Gasteiger charge is 2.24. The number of methoxy groups -OCH3 is 1. The van der Waals surface area contributed by atoms with Crippen LogP contribution in [-0.4, -0.2) is 43.8 Å². The molecule has 1 aromatic carbocycles. The average Bonchev–Trinajstić information content (AvgIpc) is 3.04. The quantitative estimate of drug-likeness (QED) is 0.717. The second kappa shape index (κ2) is 8.04. The molecule has 1 amide bonds. The number of nitrogens with zero attached hydrogens (tertiary/aromatic N) is 1. The number of rotatable bonds is 7. The van der Waals surface area contributed by atoms with Crippen molar-refractivity contribution >= 4 is 11.9 Å². The van der Waals surface area contributed by atoms with Crippen molar-refractivity contribution in [2.45, 2.75) is 27.2 Å². The minimum absolute atomic E-state index is 0.121. The lowest BCUT2D eigenvalue weighted by Crippen LogP contribution is -2.38. The first-order valence-electron chi connectivity index (χ1n) is 8.19. The Kier molecular flexibility index (Phi) is 6.06. The first-order valence-corrected chi connectivity index (χ1v) is 8.19. The molecule has 0 aliphatic carbocycles. The largest absolute Gasteiger partial charge is 0.469 e. The summed E-state index contributed by atoms with van der Waals surface area (Å²) in [5.41, 5.74) is 0.528. The zero-order chi connectivity index (χ0) is 17.7. The molecule has 6 nitrogen and oxygen atoms in total. The topological polar surface area (TPSA) is 65.1 Å². The summed E-state index contributed by atoms with van der Waals surface area (Å²) in [6.07, 6.45) is 0.865. The van der Waals surface area contributed by atoms with E-state index >= 15 is 0 Å².